The standard InChI is InChI=1S/C19H16Cl2N2O5/c1-11(27-16-8-5-13(20)9-15(16)21)19(24)26-10-17-22-23-18(28-17)12-3-6-14(25-2)7-4-12/h3-9,11H,10H2,1-2H3. The molecule has 0 amide bonds. The summed E-state index contributed by atoms with van der Waals surface area (Å²) in [6.45, 7) is 1.37. The fourth-order valence-electron chi connectivity index (χ4n) is 2.22. The van der Waals surface area contributed by atoms with Crippen molar-refractivity contribution in [3.05, 3.63) is 58.4 Å². The van der Waals surface area contributed by atoms with Crippen LogP contribution in [-0.2, 0) is 16.1 Å². The van der Waals surface area contributed by atoms with Crippen LogP contribution in [0.15, 0.2) is 46.9 Å². The van der Waals surface area contributed by atoms with Gasteiger partial charge in [0.1, 0.15) is 11.5 Å². The maximum Gasteiger partial charge on any atom is 0.347 e. The summed E-state index contributed by atoms with van der Waals surface area (Å²) in [5.41, 5.74) is 0.722. The second-order valence-electron chi connectivity index (χ2n) is 5.67. The summed E-state index contributed by atoms with van der Waals surface area (Å²) in [6, 6.07) is 11.8. The minimum absolute atomic E-state index is 0.163. The Kier molecular flexibility index (Phi) is 6.38. The van der Waals surface area contributed by atoms with Gasteiger partial charge in [-0.05, 0) is 49.4 Å². The molecule has 9 heteroatoms. The first-order valence-electron chi connectivity index (χ1n) is 8.21. The molecule has 0 spiro atoms. The lowest BCUT2D eigenvalue weighted by atomic mass is 10.2. The van der Waals surface area contributed by atoms with Gasteiger partial charge in [-0.25, -0.2) is 4.79 Å². The molecular weight excluding hydrogens is 407 g/mol. The van der Waals surface area contributed by atoms with Crippen LogP contribution in [0.1, 0.15) is 12.8 Å². The van der Waals surface area contributed by atoms with Crippen LogP contribution in [0.2, 0.25) is 10.0 Å². The Hall–Kier alpha value is -2.77. The van der Waals surface area contributed by atoms with Gasteiger partial charge in [0.25, 0.3) is 5.89 Å². The van der Waals surface area contributed by atoms with Gasteiger partial charge in [-0.2, -0.15) is 0 Å². The van der Waals surface area contributed by atoms with Crippen molar-refractivity contribution < 1.29 is 23.4 Å². The van der Waals surface area contributed by atoms with Crippen LogP contribution in [0.3, 0.4) is 0 Å². The molecule has 0 saturated carbocycles. The van der Waals surface area contributed by atoms with Gasteiger partial charge >= 0.3 is 5.97 Å². The van der Waals surface area contributed by atoms with E-state index in [1.165, 1.54) is 6.07 Å². The van der Waals surface area contributed by atoms with E-state index in [1.54, 1.807) is 50.4 Å². The average Bonchev–Trinajstić information content (AvgIpc) is 3.17. The number of halogens is 2. The van der Waals surface area contributed by atoms with E-state index < -0.39 is 12.1 Å². The molecule has 3 aromatic rings. The van der Waals surface area contributed by atoms with E-state index in [2.05, 4.69) is 10.2 Å². The van der Waals surface area contributed by atoms with Gasteiger partial charge in [-0.3, -0.25) is 0 Å². The largest absolute Gasteiger partial charge is 0.497 e. The zero-order chi connectivity index (χ0) is 20.1. The summed E-state index contributed by atoms with van der Waals surface area (Å²) in [5, 5.41) is 8.58. The predicted octanol–water partition coefficient (Wildman–Crippen LogP) is 4.56. The highest BCUT2D eigenvalue weighted by Gasteiger charge is 2.19. The maximum absolute atomic E-state index is 12.1. The third-order valence-electron chi connectivity index (χ3n) is 3.67. The van der Waals surface area contributed by atoms with Crippen molar-refractivity contribution in [2.24, 2.45) is 0 Å². The zero-order valence-corrected chi connectivity index (χ0v) is 16.5. The maximum atomic E-state index is 12.1. The number of hydrogen-bond acceptors (Lipinski definition) is 7. The first-order valence-corrected chi connectivity index (χ1v) is 8.97. The Labute approximate surface area is 171 Å². The minimum atomic E-state index is -0.886. The molecule has 0 aliphatic rings. The highest BCUT2D eigenvalue weighted by Crippen LogP contribution is 2.28. The molecule has 1 unspecified atom stereocenters. The van der Waals surface area contributed by atoms with Gasteiger partial charge in [0, 0.05) is 10.6 Å². The van der Waals surface area contributed by atoms with Crippen LogP contribution in [-0.4, -0.2) is 29.4 Å². The number of carbonyl (C=O) groups is 1. The number of methoxy groups -OCH3 is 1. The molecule has 1 atom stereocenters. The van der Waals surface area contributed by atoms with Crippen LogP contribution in [0.4, 0.5) is 0 Å². The molecule has 2 aromatic carbocycles. The van der Waals surface area contributed by atoms with Crippen molar-refractivity contribution in [1.82, 2.24) is 10.2 Å². The summed E-state index contributed by atoms with van der Waals surface area (Å²) in [4.78, 5) is 12.1. The van der Waals surface area contributed by atoms with Crippen LogP contribution in [0, 0.1) is 0 Å². The topological polar surface area (TPSA) is 83.7 Å². The summed E-state index contributed by atoms with van der Waals surface area (Å²) in [7, 11) is 1.58. The average molecular weight is 423 g/mol. The van der Waals surface area contributed by atoms with Crippen LogP contribution in [0.5, 0.6) is 11.5 Å². The van der Waals surface area contributed by atoms with Crippen molar-refractivity contribution >= 4 is 29.2 Å². The third-order valence-corrected chi connectivity index (χ3v) is 4.20. The molecule has 1 aromatic heterocycles. The van der Waals surface area contributed by atoms with E-state index in [4.69, 9.17) is 41.8 Å². The molecule has 0 saturated heterocycles. The van der Waals surface area contributed by atoms with Crippen molar-refractivity contribution in [2.45, 2.75) is 19.6 Å². The molecule has 0 bridgehead atoms. The summed E-state index contributed by atoms with van der Waals surface area (Å²) in [6.07, 6.45) is -0.886. The molecule has 1 heterocycles. The monoisotopic (exact) mass is 422 g/mol. The lowest BCUT2D eigenvalue weighted by Crippen LogP contribution is -2.26. The second-order valence-corrected chi connectivity index (χ2v) is 6.52. The Morgan fingerprint density at radius 3 is 2.57 bits per heavy atom. The molecular formula is C19H16Cl2N2O5. The number of rotatable bonds is 7. The SMILES string of the molecule is COc1ccc(-c2nnc(COC(=O)C(C)Oc3ccc(Cl)cc3Cl)o2)cc1. The Morgan fingerprint density at radius 2 is 1.89 bits per heavy atom. The number of hydrogen-bond donors (Lipinski definition) is 0. The van der Waals surface area contributed by atoms with E-state index in [0.29, 0.717) is 27.4 Å². The van der Waals surface area contributed by atoms with E-state index in [-0.39, 0.29) is 12.5 Å². The molecule has 0 aliphatic heterocycles. The third kappa shape index (κ3) is 4.94. The first-order chi connectivity index (χ1) is 13.5. The van der Waals surface area contributed by atoms with Gasteiger partial charge in [-0.1, -0.05) is 23.2 Å². The number of aromatic nitrogens is 2. The van der Waals surface area contributed by atoms with Crippen LogP contribution < -0.4 is 9.47 Å². The molecule has 146 valence electrons. The minimum Gasteiger partial charge on any atom is -0.497 e. The lowest BCUT2D eigenvalue weighted by molar-refractivity contribution is -0.153. The molecule has 0 N–H and O–H groups in total. The predicted molar refractivity (Wildman–Crippen MR) is 103 cm³/mol. The number of carbonyl (C=O) groups excluding carboxylic acids is 1. The van der Waals surface area contributed by atoms with Gasteiger partial charge in [0.15, 0.2) is 12.7 Å². The lowest BCUT2D eigenvalue weighted by Gasteiger charge is -2.14. The first kappa shape index (κ1) is 20.0. The Balaban J connectivity index is 1.56. The van der Waals surface area contributed by atoms with E-state index in [9.17, 15) is 4.79 Å². The Bertz CT molecular complexity index is 959. The summed E-state index contributed by atoms with van der Waals surface area (Å²) >= 11 is 11.9. The summed E-state index contributed by atoms with van der Waals surface area (Å²) < 4.78 is 21.3. The number of benzene rings is 2. The number of ether oxygens (including phenoxy) is 3. The molecule has 0 fully saturated rings. The molecule has 0 radical (unpaired) electrons. The second kappa shape index (κ2) is 8.95. The van der Waals surface area contributed by atoms with Gasteiger partial charge in [-0.15, -0.1) is 10.2 Å². The molecule has 3 rings (SSSR count). The van der Waals surface area contributed by atoms with Crippen LogP contribution in [0.25, 0.3) is 11.5 Å². The summed E-state index contributed by atoms with van der Waals surface area (Å²) in [5.74, 6) is 0.916. The van der Waals surface area contributed by atoms with Gasteiger partial charge in [0.2, 0.25) is 5.89 Å². The number of esters is 1. The van der Waals surface area contributed by atoms with Gasteiger partial charge < -0.3 is 18.6 Å². The highest BCUT2D eigenvalue weighted by molar-refractivity contribution is 6.35. The van der Waals surface area contributed by atoms with Crippen molar-refractivity contribution in [3.8, 4) is 23.0 Å². The quantitative estimate of drug-likeness (QED) is 0.515. The fourth-order valence-corrected chi connectivity index (χ4v) is 2.67. The molecule has 0 aliphatic carbocycles. The van der Waals surface area contributed by atoms with E-state index >= 15 is 0 Å². The smallest absolute Gasteiger partial charge is 0.347 e. The number of nitrogens with zero attached hydrogens (tertiary/aromatic N) is 2. The van der Waals surface area contributed by atoms with Crippen molar-refractivity contribution in [2.75, 3.05) is 7.11 Å². The van der Waals surface area contributed by atoms with Crippen LogP contribution >= 0.6 is 23.2 Å². The van der Waals surface area contributed by atoms with Crippen molar-refractivity contribution in [3.63, 3.8) is 0 Å². The Morgan fingerprint density at radius 1 is 1.14 bits per heavy atom. The zero-order valence-electron chi connectivity index (χ0n) is 15.0. The van der Waals surface area contributed by atoms with Crippen molar-refractivity contribution in [1.29, 1.82) is 0 Å². The fraction of sp³-hybridized carbons (Fsp3) is 0.211. The van der Waals surface area contributed by atoms with E-state index in [1.807, 2.05) is 0 Å². The normalized spacial score (nSPS) is 11.7. The highest BCUT2D eigenvalue weighted by atomic mass is 35.5. The molecule has 28 heavy (non-hydrogen) atoms. The van der Waals surface area contributed by atoms with E-state index in [0.717, 1.165) is 5.56 Å². The molecule has 7 nitrogen and oxygen atoms in total. The van der Waals surface area contributed by atoms with Gasteiger partial charge in [0.05, 0.1) is 12.1 Å².